The van der Waals surface area contributed by atoms with Crippen LogP contribution in [0.5, 0.6) is 0 Å². The monoisotopic (exact) mass is 362 g/mol. The van der Waals surface area contributed by atoms with Crippen molar-refractivity contribution in [3.63, 3.8) is 0 Å². The van der Waals surface area contributed by atoms with Gasteiger partial charge in [-0.3, -0.25) is 0 Å². The van der Waals surface area contributed by atoms with Crippen LogP contribution >= 0.6 is 0 Å². The molecular formula is C18H14F4N4. The van der Waals surface area contributed by atoms with E-state index in [2.05, 4.69) is 20.6 Å². The first-order chi connectivity index (χ1) is 12.4. The van der Waals surface area contributed by atoms with Gasteiger partial charge in [0.25, 0.3) is 0 Å². The zero-order valence-electron chi connectivity index (χ0n) is 13.7. The zero-order chi connectivity index (χ0) is 18.7. The molecule has 0 aliphatic heterocycles. The Hall–Kier alpha value is -3.16. The van der Waals surface area contributed by atoms with Gasteiger partial charge in [0.1, 0.15) is 11.6 Å². The van der Waals surface area contributed by atoms with Crippen LogP contribution in [0.2, 0.25) is 0 Å². The van der Waals surface area contributed by atoms with E-state index in [1.165, 1.54) is 12.1 Å². The maximum Gasteiger partial charge on any atom is 0.225 e. The highest BCUT2D eigenvalue weighted by atomic mass is 19.2. The highest BCUT2D eigenvalue weighted by molar-refractivity contribution is 5.58. The van der Waals surface area contributed by atoms with Gasteiger partial charge in [0.05, 0.1) is 5.69 Å². The molecule has 3 aromatic rings. The van der Waals surface area contributed by atoms with Crippen LogP contribution in [0, 0.1) is 30.2 Å². The topological polar surface area (TPSA) is 49.8 Å². The first kappa shape index (κ1) is 17.7. The molecule has 8 heteroatoms. The molecule has 0 unspecified atom stereocenters. The normalized spacial score (nSPS) is 10.7. The second-order valence-electron chi connectivity index (χ2n) is 5.51. The Kier molecular flexibility index (Phi) is 5.01. The van der Waals surface area contributed by atoms with Crippen molar-refractivity contribution < 1.29 is 17.6 Å². The minimum absolute atomic E-state index is 0.148. The van der Waals surface area contributed by atoms with Gasteiger partial charge in [-0.05, 0) is 25.1 Å². The van der Waals surface area contributed by atoms with E-state index in [0.717, 1.165) is 12.1 Å². The van der Waals surface area contributed by atoms with E-state index in [1.54, 1.807) is 25.1 Å². The number of hydrogen-bond donors (Lipinski definition) is 2. The Morgan fingerprint density at radius 3 is 2.42 bits per heavy atom. The standard InChI is InChI=1S/C18H14F4N4/c1-10-8-15(25-14-7-6-13(20)16(21)17(14)22)26-18(24-10)23-9-11-4-2-3-5-12(11)19/h2-8H,9H2,1H3,(H2,23,24,25,26). The summed E-state index contributed by atoms with van der Waals surface area (Å²) < 4.78 is 53.8. The van der Waals surface area contributed by atoms with Crippen molar-refractivity contribution in [3.05, 3.63) is 77.0 Å². The Labute approximate surface area is 146 Å². The first-order valence-corrected chi connectivity index (χ1v) is 7.67. The Balaban J connectivity index is 1.80. The number of nitrogens with one attached hydrogen (secondary N) is 2. The zero-order valence-corrected chi connectivity index (χ0v) is 13.7. The summed E-state index contributed by atoms with van der Waals surface area (Å²) >= 11 is 0. The van der Waals surface area contributed by atoms with Gasteiger partial charge in [-0.2, -0.15) is 4.98 Å². The lowest BCUT2D eigenvalue weighted by Gasteiger charge is -2.11. The highest BCUT2D eigenvalue weighted by Gasteiger charge is 2.14. The maximum absolute atomic E-state index is 13.8. The second kappa shape index (κ2) is 7.38. The van der Waals surface area contributed by atoms with E-state index in [1.807, 2.05) is 0 Å². The van der Waals surface area contributed by atoms with Crippen LogP contribution in [0.15, 0.2) is 42.5 Å². The van der Waals surface area contributed by atoms with E-state index in [-0.39, 0.29) is 29.8 Å². The van der Waals surface area contributed by atoms with Gasteiger partial charge in [0.2, 0.25) is 5.95 Å². The summed E-state index contributed by atoms with van der Waals surface area (Å²) in [7, 11) is 0. The third-order valence-corrected chi connectivity index (χ3v) is 3.55. The Morgan fingerprint density at radius 2 is 1.65 bits per heavy atom. The number of aromatic nitrogens is 2. The molecule has 0 amide bonds. The molecule has 0 radical (unpaired) electrons. The van der Waals surface area contributed by atoms with Crippen molar-refractivity contribution in [2.24, 2.45) is 0 Å². The Morgan fingerprint density at radius 1 is 0.885 bits per heavy atom. The fourth-order valence-corrected chi connectivity index (χ4v) is 2.29. The third kappa shape index (κ3) is 3.90. The molecule has 1 aromatic heterocycles. The largest absolute Gasteiger partial charge is 0.350 e. The summed E-state index contributed by atoms with van der Waals surface area (Å²) in [5, 5.41) is 5.46. The fourth-order valence-electron chi connectivity index (χ4n) is 2.29. The lowest BCUT2D eigenvalue weighted by molar-refractivity contribution is 0.449. The van der Waals surface area contributed by atoms with Crippen LogP contribution in [0.25, 0.3) is 0 Å². The van der Waals surface area contributed by atoms with Gasteiger partial charge >= 0.3 is 0 Å². The predicted octanol–water partition coefficient (Wildman–Crippen LogP) is 4.70. The molecule has 2 N–H and O–H groups in total. The number of nitrogens with zero attached hydrogens (tertiary/aromatic N) is 2. The van der Waals surface area contributed by atoms with E-state index in [9.17, 15) is 17.6 Å². The van der Waals surface area contributed by atoms with Crippen molar-refractivity contribution in [3.8, 4) is 0 Å². The van der Waals surface area contributed by atoms with Crippen LogP contribution in [0.3, 0.4) is 0 Å². The molecule has 0 spiro atoms. The van der Waals surface area contributed by atoms with Crippen molar-refractivity contribution in [2.45, 2.75) is 13.5 Å². The summed E-state index contributed by atoms with van der Waals surface area (Å²) in [5.41, 5.74) is 0.711. The van der Waals surface area contributed by atoms with Gasteiger partial charge in [0.15, 0.2) is 17.5 Å². The average molecular weight is 362 g/mol. The molecule has 26 heavy (non-hydrogen) atoms. The minimum Gasteiger partial charge on any atom is -0.350 e. The third-order valence-electron chi connectivity index (χ3n) is 3.55. The molecule has 0 aliphatic rings. The molecule has 3 rings (SSSR count). The van der Waals surface area contributed by atoms with Crippen LogP contribution in [0.4, 0.5) is 35.0 Å². The molecular weight excluding hydrogens is 348 g/mol. The van der Waals surface area contributed by atoms with E-state index >= 15 is 0 Å². The number of benzene rings is 2. The number of anilines is 3. The van der Waals surface area contributed by atoms with Crippen molar-refractivity contribution in [1.82, 2.24) is 9.97 Å². The lowest BCUT2D eigenvalue weighted by Crippen LogP contribution is -2.08. The van der Waals surface area contributed by atoms with Crippen molar-refractivity contribution in [2.75, 3.05) is 10.6 Å². The van der Waals surface area contributed by atoms with Crippen molar-refractivity contribution in [1.29, 1.82) is 0 Å². The summed E-state index contributed by atoms with van der Waals surface area (Å²) in [5.74, 6) is -4.20. The number of halogens is 4. The van der Waals surface area contributed by atoms with Gasteiger partial charge in [-0.1, -0.05) is 18.2 Å². The molecule has 1 heterocycles. The summed E-state index contributed by atoms with van der Waals surface area (Å²) in [4.78, 5) is 8.29. The van der Waals surface area contributed by atoms with Crippen LogP contribution in [-0.4, -0.2) is 9.97 Å². The van der Waals surface area contributed by atoms with Gasteiger partial charge in [-0.15, -0.1) is 0 Å². The molecule has 0 saturated heterocycles. The molecule has 0 saturated carbocycles. The average Bonchev–Trinajstić information content (AvgIpc) is 2.61. The Bertz CT molecular complexity index is 946. The molecule has 2 aromatic carbocycles. The van der Waals surface area contributed by atoms with Crippen molar-refractivity contribution >= 4 is 17.5 Å². The smallest absolute Gasteiger partial charge is 0.225 e. The SMILES string of the molecule is Cc1cc(Nc2ccc(F)c(F)c2F)nc(NCc2ccccc2F)n1. The minimum atomic E-state index is -1.57. The second-order valence-corrected chi connectivity index (χ2v) is 5.51. The summed E-state index contributed by atoms with van der Waals surface area (Å²) in [6.07, 6.45) is 0. The lowest BCUT2D eigenvalue weighted by atomic mass is 10.2. The van der Waals surface area contributed by atoms with E-state index in [4.69, 9.17) is 0 Å². The molecule has 0 aliphatic carbocycles. The van der Waals surface area contributed by atoms with Crippen LogP contribution in [0.1, 0.15) is 11.3 Å². The van der Waals surface area contributed by atoms with Crippen LogP contribution in [-0.2, 0) is 6.54 Å². The maximum atomic E-state index is 13.8. The molecule has 134 valence electrons. The highest BCUT2D eigenvalue weighted by Crippen LogP contribution is 2.23. The molecule has 0 fully saturated rings. The molecule has 0 bridgehead atoms. The number of rotatable bonds is 5. The van der Waals surface area contributed by atoms with E-state index < -0.39 is 17.5 Å². The molecule has 0 atom stereocenters. The van der Waals surface area contributed by atoms with E-state index in [0.29, 0.717) is 11.3 Å². The summed E-state index contributed by atoms with van der Waals surface area (Å²) in [6, 6.07) is 9.64. The predicted molar refractivity (Wildman–Crippen MR) is 90.1 cm³/mol. The fraction of sp³-hybridized carbons (Fsp3) is 0.111. The van der Waals surface area contributed by atoms with Gasteiger partial charge in [0, 0.05) is 23.9 Å². The van der Waals surface area contributed by atoms with Gasteiger partial charge in [-0.25, -0.2) is 22.5 Å². The summed E-state index contributed by atoms with van der Waals surface area (Å²) in [6.45, 7) is 1.83. The number of aryl methyl sites for hydroxylation is 1. The van der Waals surface area contributed by atoms with Gasteiger partial charge < -0.3 is 10.6 Å². The molecule has 4 nitrogen and oxygen atoms in total. The van der Waals surface area contributed by atoms with Crippen LogP contribution < -0.4 is 10.6 Å². The number of hydrogen-bond acceptors (Lipinski definition) is 4. The quantitative estimate of drug-likeness (QED) is 0.510. The first-order valence-electron chi connectivity index (χ1n) is 7.67.